The molecular formula is C35H40N2O8. The molecule has 10 nitrogen and oxygen atoms in total. The number of nitrogens with zero attached hydrogens (tertiary/aromatic N) is 1. The molecule has 1 aliphatic rings. The van der Waals surface area contributed by atoms with Crippen LogP contribution in [0.1, 0.15) is 56.9 Å². The van der Waals surface area contributed by atoms with Crippen LogP contribution in [-0.4, -0.2) is 44.4 Å². The lowest BCUT2D eigenvalue weighted by Gasteiger charge is -2.25. The summed E-state index contributed by atoms with van der Waals surface area (Å²) in [7, 11) is 1.58. The second-order valence-corrected chi connectivity index (χ2v) is 10.9. The summed E-state index contributed by atoms with van der Waals surface area (Å²) in [4.78, 5) is 36.7. The number of carbonyl (C=O) groups is 3. The third-order valence-electron chi connectivity index (χ3n) is 7.75. The van der Waals surface area contributed by atoms with Crippen molar-refractivity contribution < 1.29 is 38.1 Å². The Morgan fingerprint density at radius 3 is 2.02 bits per heavy atom. The summed E-state index contributed by atoms with van der Waals surface area (Å²) in [5, 5.41) is 5.37. The topological polar surface area (TPSA) is 136 Å². The molecule has 0 unspecified atom stereocenters. The molecule has 0 radical (unpaired) electrons. The van der Waals surface area contributed by atoms with Gasteiger partial charge in [-0.1, -0.05) is 12.6 Å². The van der Waals surface area contributed by atoms with Crippen molar-refractivity contribution >= 4 is 34.9 Å². The highest BCUT2D eigenvalue weighted by Gasteiger charge is 2.32. The van der Waals surface area contributed by atoms with Crippen molar-refractivity contribution in [3.8, 4) is 23.0 Å². The molecule has 0 aliphatic heterocycles. The number of benzene rings is 3. The van der Waals surface area contributed by atoms with E-state index in [1.54, 1.807) is 43.5 Å². The molecule has 4 rings (SSSR count). The van der Waals surface area contributed by atoms with Gasteiger partial charge in [0.1, 0.15) is 23.0 Å². The quantitative estimate of drug-likeness (QED) is 0.0407. The molecule has 1 fully saturated rings. The molecule has 1 aliphatic carbocycles. The molecule has 0 amide bonds. The monoisotopic (exact) mass is 616 g/mol. The second kappa shape index (κ2) is 16.8. The van der Waals surface area contributed by atoms with E-state index in [-0.39, 0.29) is 23.8 Å². The number of rotatable bonds is 15. The van der Waals surface area contributed by atoms with Gasteiger partial charge in [0.2, 0.25) is 0 Å². The minimum Gasteiger partial charge on any atom is -0.496 e. The normalized spacial score (nSPS) is 16.2. The van der Waals surface area contributed by atoms with Crippen LogP contribution in [0.4, 0.5) is 0 Å². The molecule has 0 spiro atoms. The molecule has 3 aromatic carbocycles. The van der Waals surface area contributed by atoms with E-state index >= 15 is 0 Å². The predicted molar refractivity (Wildman–Crippen MR) is 171 cm³/mol. The Bertz CT molecular complexity index is 1490. The summed E-state index contributed by atoms with van der Waals surface area (Å²) < 4.78 is 27.4. The molecule has 1 saturated carbocycles. The van der Waals surface area contributed by atoms with E-state index < -0.39 is 5.97 Å². The average Bonchev–Trinajstić information content (AvgIpc) is 3.06. The number of methoxy groups -OCH3 is 1. The zero-order valence-electron chi connectivity index (χ0n) is 25.6. The Morgan fingerprint density at radius 2 is 1.40 bits per heavy atom. The second-order valence-electron chi connectivity index (χ2n) is 10.9. The molecule has 0 aromatic heterocycles. The van der Waals surface area contributed by atoms with Crippen molar-refractivity contribution in [2.45, 2.75) is 51.4 Å². The van der Waals surface area contributed by atoms with Gasteiger partial charge >= 0.3 is 17.9 Å². The first-order chi connectivity index (χ1) is 21.9. The molecule has 0 bridgehead atoms. The molecular weight excluding hydrogens is 576 g/mol. The highest BCUT2D eigenvalue weighted by atomic mass is 16.5. The van der Waals surface area contributed by atoms with E-state index in [9.17, 15) is 14.4 Å². The highest BCUT2D eigenvalue weighted by molar-refractivity contribution is 5.94. The smallest absolute Gasteiger partial charge is 0.330 e. The molecule has 0 saturated heterocycles. The van der Waals surface area contributed by atoms with E-state index in [4.69, 9.17) is 29.5 Å². The lowest BCUT2D eigenvalue weighted by atomic mass is 9.82. The first-order valence-corrected chi connectivity index (χ1v) is 15.2. The van der Waals surface area contributed by atoms with Crippen molar-refractivity contribution in [1.82, 2.24) is 0 Å². The number of nitrogens with two attached hydrogens (primary N) is 1. The lowest BCUT2D eigenvalue weighted by molar-refractivity contribution is -0.145. The van der Waals surface area contributed by atoms with Gasteiger partial charge in [-0.25, -0.2) is 4.79 Å². The van der Waals surface area contributed by atoms with Gasteiger partial charge in [0.25, 0.3) is 0 Å². The van der Waals surface area contributed by atoms with Crippen LogP contribution in [0, 0.1) is 11.8 Å². The van der Waals surface area contributed by atoms with Gasteiger partial charge in [0, 0.05) is 11.6 Å². The molecule has 2 N–H and O–H groups in total. The van der Waals surface area contributed by atoms with Crippen LogP contribution >= 0.6 is 0 Å². The van der Waals surface area contributed by atoms with Crippen molar-refractivity contribution in [3.05, 3.63) is 72.8 Å². The standard InChI is InChI=1S/C35H40N2O8/c1-3-33(38)43-19-7-5-4-6-18-42-29-14-16-30(17-15-29)44-34(39)24-8-10-25(11-9-24)35(40)45-31-13-12-26-22-32(41-2)28(23-37-36)20-27(26)21-31/h3,12-17,20-25H,1,4-11,18-19,36H2,2H3/b37-23+. The summed E-state index contributed by atoms with van der Waals surface area (Å²) >= 11 is 0. The first-order valence-electron chi connectivity index (χ1n) is 15.2. The van der Waals surface area contributed by atoms with Gasteiger partial charge in [-0.2, -0.15) is 5.10 Å². The third kappa shape index (κ3) is 9.82. The number of unbranched alkanes of at least 4 members (excludes halogenated alkanes) is 3. The van der Waals surface area contributed by atoms with Gasteiger partial charge in [0.05, 0.1) is 38.4 Å². The van der Waals surface area contributed by atoms with Crippen LogP contribution < -0.4 is 24.8 Å². The number of esters is 3. The number of ether oxygens (including phenoxy) is 5. The van der Waals surface area contributed by atoms with Gasteiger partial charge < -0.3 is 29.5 Å². The fourth-order valence-corrected chi connectivity index (χ4v) is 5.24. The van der Waals surface area contributed by atoms with Crippen molar-refractivity contribution in [3.63, 3.8) is 0 Å². The zero-order chi connectivity index (χ0) is 32.0. The van der Waals surface area contributed by atoms with Crippen LogP contribution in [0.3, 0.4) is 0 Å². The summed E-state index contributed by atoms with van der Waals surface area (Å²) in [6.45, 7) is 4.33. The predicted octanol–water partition coefficient (Wildman–Crippen LogP) is 6.13. The van der Waals surface area contributed by atoms with E-state index in [0.717, 1.165) is 48.1 Å². The minimum atomic E-state index is -0.396. The average molecular weight is 617 g/mol. The molecule has 238 valence electrons. The fraction of sp³-hybridized carbons (Fsp3) is 0.371. The Morgan fingerprint density at radius 1 is 0.800 bits per heavy atom. The Hall–Kier alpha value is -4.86. The maximum Gasteiger partial charge on any atom is 0.330 e. The van der Waals surface area contributed by atoms with Gasteiger partial charge in [-0.15, -0.1) is 0 Å². The number of carbonyl (C=O) groups excluding carboxylic acids is 3. The number of fused-ring (bicyclic) bond motifs is 1. The van der Waals surface area contributed by atoms with E-state index in [1.807, 2.05) is 18.2 Å². The van der Waals surface area contributed by atoms with Crippen LogP contribution in [0.2, 0.25) is 0 Å². The van der Waals surface area contributed by atoms with Crippen molar-refractivity contribution in [2.75, 3.05) is 20.3 Å². The Kier molecular flexibility index (Phi) is 12.4. The molecule has 3 aromatic rings. The zero-order valence-corrected chi connectivity index (χ0v) is 25.6. The number of hydrazone groups is 1. The summed E-state index contributed by atoms with van der Waals surface area (Å²) in [6, 6.07) is 16.2. The van der Waals surface area contributed by atoms with Crippen LogP contribution in [0.5, 0.6) is 23.0 Å². The van der Waals surface area contributed by atoms with Crippen LogP contribution in [0.15, 0.2) is 72.4 Å². The SMILES string of the molecule is C=CC(=O)OCCCCCCOc1ccc(OC(=O)C2CCC(C(=O)Oc3ccc4cc(OC)c(/C=N/N)cc4c3)CC2)cc1. The largest absolute Gasteiger partial charge is 0.496 e. The molecule has 0 heterocycles. The Labute approximate surface area is 263 Å². The van der Waals surface area contributed by atoms with E-state index in [1.165, 1.54) is 6.21 Å². The van der Waals surface area contributed by atoms with Crippen molar-refractivity contribution in [2.24, 2.45) is 22.8 Å². The lowest BCUT2D eigenvalue weighted by Crippen LogP contribution is -2.30. The maximum atomic E-state index is 12.9. The van der Waals surface area contributed by atoms with Crippen LogP contribution in [-0.2, 0) is 19.1 Å². The van der Waals surface area contributed by atoms with Crippen LogP contribution in [0.25, 0.3) is 10.8 Å². The molecule has 0 atom stereocenters. The summed E-state index contributed by atoms with van der Waals surface area (Å²) in [5.41, 5.74) is 0.718. The summed E-state index contributed by atoms with van der Waals surface area (Å²) in [5.74, 6) is 6.01. The van der Waals surface area contributed by atoms with Crippen molar-refractivity contribution in [1.29, 1.82) is 0 Å². The third-order valence-corrected chi connectivity index (χ3v) is 7.75. The van der Waals surface area contributed by atoms with E-state index in [2.05, 4.69) is 11.7 Å². The van der Waals surface area contributed by atoms with Gasteiger partial charge in [-0.05, 0) is 111 Å². The van der Waals surface area contributed by atoms with Gasteiger partial charge in [-0.3, -0.25) is 9.59 Å². The molecule has 45 heavy (non-hydrogen) atoms. The number of hydrogen-bond acceptors (Lipinski definition) is 10. The molecule has 10 heteroatoms. The maximum absolute atomic E-state index is 12.9. The first kappa shape index (κ1) is 33.0. The summed E-state index contributed by atoms with van der Waals surface area (Å²) in [6.07, 6.45) is 8.46. The highest BCUT2D eigenvalue weighted by Crippen LogP contribution is 2.33. The number of hydrogen-bond donors (Lipinski definition) is 1. The van der Waals surface area contributed by atoms with E-state index in [0.29, 0.717) is 61.9 Å². The minimum absolute atomic E-state index is 0.274. The fourth-order valence-electron chi connectivity index (χ4n) is 5.24. The Balaban J connectivity index is 1.17. The van der Waals surface area contributed by atoms with Gasteiger partial charge in [0.15, 0.2) is 0 Å².